The largest absolute Gasteiger partial charge is 0.339 e. The van der Waals surface area contributed by atoms with Crippen LogP contribution in [0, 0.1) is 0 Å². The highest BCUT2D eigenvalue weighted by Crippen LogP contribution is 2.27. The van der Waals surface area contributed by atoms with Gasteiger partial charge in [-0.15, -0.1) is 10.2 Å². The van der Waals surface area contributed by atoms with Crippen molar-refractivity contribution in [3.8, 4) is 11.4 Å². The molecule has 1 unspecified atom stereocenters. The molecule has 0 bridgehead atoms. The number of carbonyl (C=O) groups is 1. The van der Waals surface area contributed by atoms with Gasteiger partial charge in [0.1, 0.15) is 0 Å². The van der Waals surface area contributed by atoms with Gasteiger partial charge >= 0.3 is 0 Å². The van der Waals surface area contributed by atoms with Crippen molar-refractivity contribution < 1.29 is 4.79 Å². The number of benzene rings is 1. The fraction of sp³-hybridized carbons (Fsp3) is 0.571. The first kappa shape index (κ1) is 20.7. The maximum atomic E-state index is 12.7. The van der Waals surface area contributed by atoms with Gasteiger partial charge in [-0.2, -0.15) is 0 Å². The van der Waals surface area contributed by atoms with Crippen LogP contribution in [-0.4, -0.2) is 44.0 Å². The standard InChI is InChI=1S/C21H31N5OS/c1-5-17-8-6-7-13-25(17)18(27)14-28-20-24-23-19(26(20)22)15-9-11-16(12-10-15)21(2,3)4/h9-12,17H,5-8,13-14,22H2,1-4H3. The number of thioether (sulfide) groups is 1. The first-order valence-electron chi connectivity index (χ1n) is 10.0. The zero-order valence-electron chi connectivity index (χ0n) is 17.3. The summed E-state index contributed by atoms with van der Waals surface area (Å²) in [4.78, 5) is 14.7. The second-order valence-electron chi connectivity index (χ2n) is 8.44. The molecule has 0 aliphatic carbocycles. The van der Waals surface area contributed by atoms with E-state index in [0.29, 0.717) is 22.8 Å². The average Bonchev–Trinajstić information content (AvgIpc) is 3.06. The number of hydrogen-bond acceptors (Lipinski definition) is 5. The summed E-state index contributed by atoms with van der Waals surface area (Å²) in [7, 11) is 0. The molecule has 1 aliphatic heterocycles. The Morgan fingerprint density at radius 2 is 1.93 bits per heavy atom. The monoisotopic (exact) mass is 401 g/mol. The number of carbonyl (C=O) groups excluding carboxylic acids is 1. The number of piperidine rings is 1. The number of likely N-dealkylation sites (tertiary alicyclic amines) is 1. The van der Waals surface area contributed by atoms with Crippen LogP contribution < -0.4 is 5.84 Å². The molecule has 1 saturated heterocycles. The molecule has 2 heterocycles. The number of aromatic nitrogens is 3. The Kier molecular flexibility index (Phi) is 6.33. The normalized spacial score (nSPS) is 17.7. The van der Waals surface area contributed by atoms with Gasteiger partial charge in [0.05, 0.1) is 5.75 Å². The third-order valence-corrected chi connectivity index (χ3v) is 6.34. The minimum atomic E-state index is 0.0983. The summed E-state index contributed by atoms with van der Waals surface area (Å²) in [5, 5.41) is 9.00. The van der Waals surface area contributed by atoms with Gasteiger partial charge in [-0.25, -0.2) is 4.68 Å². The molecule has 1 amide bonds. The van der Waals surface area contributed by atoms with E-state index >= 15 is 0 Å². The Labute approximate surface area is 171 Å². The topological polar surface area (TPSA) is 77.0 Å². The molecule has 1 atom stereocenters. The SMILES string of the molecule is CCC1CCCCN1C(=O)CSc1nnc(-c2ccc(C(C)(C)C)cc2)n1N. The van der Waals surface area contributed by atoms with E-state index in [-0.39, 0.29) is 11.3 Å². The van der Waals surface area contributed by atoms with Gasteiger partial charge in [0.2, 0.25) is 11.1 Å². The fourth-order valence-corrected chi connectivity index (χ4v) is 4.40. The Hall–Kier alpha value is -2.02. The van der Waals surface area contributed by atoms with Crippen molar-refractivity contribution in [3.05, 3.63) is 29.8 Å². The van der Waals surface area contributed by atoms with E-state index in [1.54, 1.807) is 0 Å². The molecule has 1 fully saturated rings. The van der Waals surface area contributed by atoms with Crippen LogP contribution in [0.25, 0.3) is 11.4 Å². The predicted molar refractivity (Wildman–Crippen MR) is 115 cm³/mol. The third kappa shape index (κ3) is 4.51. The average molecular weight is 402 g/mol. The van der Waals surface area contributed by atoms with E-state index in [9.17, 15) is 4.79 Å². The quantitative estimate of drug-likeness (QED) is 0.608. The first-order valence-corrected chi connectivity index (χ1v) is 11.0. The Balaban J connectivity index is 1.67. The van der Waals surface area contributed by atoms with Gasteiger partial charge in [0.15, 0.2) is 5.82 Å². The molecular formula is C21H31N5OS. The van der Waals surface area contributed by atoms with Gasteiger partial charge in [-0.3, -0.25) is 4.79 Å². The zero-order chi connectivity index (χ0) is 20.3. The number of nitrogen functional groups attached to an aromatic ring is 1. The van der Waals surface area contributed by atoms with Crippen LogP contribution in [0.15, 0.2) is 29.4 Å². The minimum absolute atomic E-state index is 0.0983. The van der Waals surface area contributed by atoms with Gasteiger partial charge in [0, 0.05) is 18.2 Å². The van der Waals surface area contributed by atoms with E-state index in [2.05, 4.69) is 50.0 Å². The van der Waals surface area contributed by atoms with Crippen LogP contribution in [0.1, 0.15) is 58.9 Å². The molecule has 152 valence electrons. The van der Waals surface area contributed by atoms with Gasteiger partial charge in [0.25, 0.3) is 0 Å². The molecule has 2 N–H and O–H groups in total. The Morgan fingerprint density at radius 1 is 1.21 bits per heavy atom. The summed E-state index contributed by atoms with van der Waals surface area (Å²) < 4.78 is 1.48. The lowest BCUT2D eigenvalue weighted by molar-refractivity contribution is -0.132. The third-order valence-electron chi connectivity index (χ3n) is 5.42. The highest BCUT2D eigenvalue weighted by atomic mass is 32.2. The van der Waals surface area contributed by atoms with Crippen molar-refractivity contribution in [1.82, 2.24) is 19.8 Å². The first-order chi connectivity index (χ1) is 13.3. The number of nitrogens with two attached hydrogens (primary N) is 1. The van der Waals surface area contributed by atoms with Crippen LogP contribution >= 0.6 is 11.8 Å². The number of rotatable bonds is 5. The smallest absolute Gasteiger partial charge is 0.233 e. The van der Waals surface area contributed by atoms with Gasteiger partial charge < -0.3 is 10.7 Å². The molecule has 3 rings (SSSR count). The second kappa shape index (κ2) is 8.55. The van der Waals surface area contributed by atoms with Gasteiger partial charge in [-0.05, 0) is 36.7 Å². The summed E-state index contributed by atoms with van der Waals surface area (Å²) in [6.45, 7) is 9.57. The lowest BCUT2D eigenvalue weighted by atomic mass is 9.87. The van der Waals surface area contributed by atoms with Crippen molar-refractivity contribution in [2.45, 2.75) is 70.0 Å². The maximum Gasteiger partial charge on any atom is 0.233 e. The highest BCUT2D eigenvalue weighted by molar-refractivity contribution is 7.99. The molecule has 0 spiro atoms. The molecule has 1 aromatic carbocycles. The van der Waals surface area contributed by atoms with Crippen LogP contribution in [0.4, 0.5) is 0 Å². The summed E-state index contributed by atoms with van der Waals surface area (Å²) >= 11 is 1.36. The molecule has 1 aliphatic rings. The van der Waals surface area contributed by atoms with Crippen LogP contribution in [-0.2, 0) is 10.2 Å². The van der Waals surface area contributed by atoms with Crippen molar-refractivity contribution in [2.24, 2.45) is 0 Å². The fourth-order valence-electron chi connectivity index (χ4n) is 3.65. The lowest BCUT2D eigenvalue weighted by Crippen LogP contribution is -2.44. The second-order valence-corrected chi connectivity index (χ2v) is 9.38. The molecule has 0 saturated carbocycles. The van der Waals surface area contributed by atoms with E-state index in [4.69, 9.17) is 5.84 Å². The summed E-state index contributed by atoms with van der Waals surface area (Å²) in [6.07, 6.45) is 4.42. The number of hydrogen-bond donors (Lipinski definition) is 1. The molecule has 1 aromatic heterocycles. The van der Waals surface area contributed by atoms with Crippen LogP contribution in [0.2, 0.25) is 0 Å². The molecule has 0 radical (unpaired) electrons. The van der Waals surface area contributed by atoms with Crippen LogP contribution in [0.5, 0.6) is 0 Å². The predicted octanol–water partition coefficient (Wildman–Crippen LogP) is 3.84. The van der Waals surface area contributed by atoms with Gasteiger partial charge in [-0.1, -0.05) is 63.7 Å². The zero-order valence-corrected chi connectivity index (χ0v) is 18.1. The van der Waals surface area contributed by atoms with Crippen molar-refractivity contribution in [3.63, 3.8) is 0 Å². The lowest BCUT2D eigenvalue weighted by Gasteiger charge is -2.35. The molecule has 2 aromatic rings. The van der Waals surface area contributed by atoms with E-state index in [0.717, 1.165) is 31.4 Å². The highest BCUT2D eigenvalue weighted by Gasteiger charge is 2.25. The Morgan fingerprint density at radius 3 is 2.57 bits per heavy atom. The summed E-state index contributed by atoms with van der Waals surface area (Å²) in [5.74, 6) is 7.34. The van der Waals surface area contributed by atoms with Crippen LogP contribution in [0.3, 0.4) is 0 Å². The minimum Gasteiger partial charge on any atom is -0.339 e. The summed E-state index contributed by atoms with van der Waals surface area (Å²) in [6, 6.07) is 8.61. The number of nitrogens with zero attached hydrogens (tertiary/aromatic N) is 4. The Bertz CT molecular complexity index is 809. The van der Waals surface area contributed by atoms with E-state index in [1.165, 1.54) is 28.4 Å². The molecule has 7 heteroatoms. The molecule has 28 heavy (non-hydrogen) atoms. The van der Waals surface area contributed by atoms with E-state index < -0.39 is 0 Å². The number of amides is 1. The van der Waals surface area contributed by atoms with E-state index in [1.807, 2.05) is 17.0 Å². The van der Waals surface area contributed by atoms with Crippen molar-refractivity contribution in [1.29, 1.82) is 0 Å². The molecule has 6 nitrogen and oxygen atoms in total. The summed E-state index contributed by atoms with van der Waals surface area (Å²) in [5.41, 5.74) is 2.27. The van der Waals surface area contributed by atoms with Crippen molar-refractivity contribution in [2.75, 3.05) is 18.1 Å². The molecular weight excluding hydrogens is 370 g/mol. The van der Waals surface area contributed by atoms with Crippen molar-refractivity contribution >= 4 is 17.7 Å². The maximum absolute atomic E-state index is 12.7.